The fraction of sp³-hybridized carbons (Fsp3) is 0.188. The fourth-order valence-corrected chi connectivity index (χ4v) is 2.98. The number of hydrogen-bond donors (Lipinski definition) is 1. The van der Waals surface area contributed by atoms with E-state index in [-0.39, 0.29) is 0 Å². The minimum Gasteiger partial charge on any atom is -0.481 e. The highest BCUT2D eigenvalue weighted by Gasteiger charge is 2.35. The van der Waals surface area contributed by atoms with Crippen molar-refractivity contribution in [3.8, 4) is 11.1 Å². The lowest BCUT2D eigenvalue weighted by Crippen LogP contribution is -2.10. The van der Waals surface area contributed by atoms with Crippen LogP contribution in [-0.4, -0.2) is 11.1 Å². The van der Waals surface area contributed by atoms with Gasteiger partial charge in [0.2, 0.25) is 0 Å². The summed E-state index contributed by atoms with van der Waals surface area (Å²) in [7, 11) is 0. The van der Waals surface area contributed by atoms with E-state index in [2.05, 4.69) is 0 Å². The summed E-state index contributed by atoms with van der Waals surface area (Å²) in [5.74, 6) is -1.29. The van der Waals surface area contributed by atoms with E-state index < -0.39 is 11.9 Å². The van der Waals surface area contributed by atoms with E-state index in [4.69, 9.17) is 0 Å². The molecule has 90 valence electrons. The second-order valence-corrected chi connectivity index (χ2v) is 4.85. The molecular formula is C16H14O2. The summed E-state index contributed by atoms with van der Waals surface area (Å²) in [6, 6.07) is 11.8. The third-order valence-corrected chi connectivity index (χ3v) is 3.73. The standard InChI is InChI=1S/C16H14O2/c1-9-5-3-7-11-13(9)14-10(2)6-4-8-12(14)15(11)16(17)18/h3-8,15H,1-2H3,(H,17,18). The molecule has 2 aromatic rings. The van der Waals surface area contributed by atoms with Gasteiger partial charge in [-0.2, -0.15) is 0 Å². The van der Waals surface area contributed by atoms with Crippen molar-refractivity contribution in [2.75, 3.05) is 0 Å². The summed E-state index contributed by atoms with van der Waals surface area (Å²) in [6.07, 6.45) is 0. The van der Waals surface area contributed by atoms with Gasteiger partial charge in [0.25, 0.3) is 0 Å². The van der Waals surface area contributed by atoms with E-state index in [0.717, 1.165) is 33.4 Å². The maximum Gasteiger partial charge on any atom is 0.315 e. The number of aliphatic carboxylic acids is 1. The molecule has 2 aromatic carbocycles. The molecule has 2 heteroatoms. The Bertz CT molecular complexity index is 605. The van der Waals surface area contributed by atoms with E-state index >= 15 is 0 Å². The number of benzene rings is 2. The van der Waals surface area contributed by atoms with Crippen LogP contribution in [0.15, 0.2) is 36.4 Å². The molecule has 0 aromatic heterocycles. The van der Waals surface area contributed by atoms with Crippen LogP contribution < -0.4 is 0 Å². The number of aryl methyl sites for hydroxylation is 2. The van der Waals surface area contributed by atoms with E-state index in [9.17, 15) is 9.90 Å². The van der Waals surface area contributed by atoms with Gasteiger partial charge in [0, 0.05) is 0 Å². The quantitative estimate of drug-likeness (QED) is 0.825. The lowest BCUT2D eigenvalue weighted by atomic mass is 9.96. The topological polar surface area (TPSA) is 37.3 Å². The van der Waals surface area contributed by atoms with E-state index in [1.54, 1.807) is 0 Å². The lowest BCUT2D eigenvalue weighted by molar-refractivity contribution is -0.137. The van der Waals surface area contributed by atoms with Gasteiger partial charge in [0.1, 0.15) is 5.92 Å². The van der Waals surface area contributed by atoms with Gasteiger partial charge in [-0.25, -0.2) is 0 Å². The Hall–Kier alpha value is -2.09. The van der Waals surface area contributed by atoms with Crippen molar-refractivity contribution in [2.45, 2.75) is 19.8 Å². The molecule has 0 spiro atoms. The molecule has 0 atom stereocenters. The predicted octanol–water partition coefficient (Wildman–Crippen LogP) is 3.50. The Kier molecular flexibility index (Phi) is 2.27. The number of fused-ring (bicyclic) bond motifs is 3. The highest BCUT2D eigenvalue weighted by molar-refractivity contribution is 5.94. The van der Waals surface area contributed by atoms with Crippen molar-refractivity contribution in [1.82, 2.24) is 0 Å². The third kappa shape index (κ3) is 1.32. The Morgan fingerprint density at radius 1 is 0.944 bits per heavy atom. The second-order valence-electron chi connectivity index (χ2n) is 4.85. The van der Waals surface area contributed by atoms with Gasteiger partial charge in [0.15, 0.2) is 0 Å². The summed E-state index contributed by atoms with van der Waals surface area (Å²) in [4.78, 5) is 11.5. The largest absolute Gasteiger partial charge is 0.481 e. The van der Waals surface area contributed by atoms with Crippen molar-refractivity contribution >= 4 is 5.97 Å². The van der Waals surface area contributed by atoms with Crippen LogP contribution in [0.3, 0.4) is 0 Å². The van der Waals surface area contributed by atoms with Gasteiger partial charge >= 0.3 is 5.97 Å². The number of hydrogen-bond acceptors (Lipinski definition) is 1. The van der Waals surface area contributed by atoms with Crippen LogP contribution in [0.5, 0.6) is 0 Å². The van der Waals surface area contributed by atoms with Gasteiger partial charge in [-0.1, -0.05) is 36.4 Å². The van der Waals surface area contributed by atoms with Crippen LogP contribution in [0.1, 0.15) is 28.2 Å². The summed E-state index contributed by atoms with van der Waals surface area (Å²) in [6.45, 7) is 4.08. The highest BCUT2D eigenvalue weighted by Crippen LogP contribution is 2.47. The zero-order valence-corrected chi connectivity index (χ0v) is 10.4. The molecule has 1 N–H and O–H groups in total. The Morgan fingerprint density at radius 3 is 1.78 bits per heavy atom. The van der Waals surface area contributed by atoms with E-state index in [1.165, 1.54) is 0 Å². The molecule has 0 amide bonds. The molecule has 3 rings (SSSR count). The minimum absolute atomic E-state index is 0.519. The van der Waals surface area contributed by atoms with Crippen LogP contribution in [-0.2, 0) is 4.79 Å². The average Bonchev–Trinajstić information content (AvgIpc) is 2.65. The zero-order chi connectivity index (χ0) is 12.9. The van der Waals surface area contributed by atoms with Gasteiger partial charge in [-0.05, 0) is 47.2 Å². The number of rotatable bonds is 1. The number of carboxylic acid groups (broad SMARTS) is 1. The van der Waals surface area contributed by atoms with Crippen LogP contribution in [0.25, 0.3) is 11.1 Å². The summed E-state index contributed by atoms with van der Waals surface area (Å²) in [5, 5.41) is 9.49. The van der Waals surface area contributed by atoms with Crippen molar-refractivity contribution < 1.29 is 9.90 Å². The smallest absolute Gasteiger partial charge is 0.315 e. The van der Waals surface area contributed by atoms with Gasteiger partial charge in [-0.3, -0.25) is 4.79 Å². The van der Waals surface area contributed by atoms with Crippen LogP contribution in [0.2, 0.25) is 0 Å². The number of carbonyl (C=O) groups is 1. The molecule has 1 aliphatic carbocycles. The Balaban J connectivity index is 2.42. The summed E-state index contributed by atoms with van der Waals surface area (Å²) >= 11 is 0. The average molecular weight is 238 g/mol. The van der Waals surface area contributed by atoms with Gasteiger partial charge < -0.3 is 5.11 Å². The highest BCUT2D eigenvalue weighted by atomic mass is 16.4. The maximum atomic E-state index is 11.5. The molecule has 2 nitrogen and oxygen atoms in total. The first-order valence-electron chi connectivity index (χ1n) is 6.03. The fourth-order valence-electron chi connectivity index (χ4n) is 2.98. The monoisotopic (exact) mass is 238 g/mol. The SMILES string of the molecule is Cc1cccc2c1-c1c(C)cccc1C2C(=O)O. The predicted molar refractivity (Wildman–Crippen MR) is 70.8 cm³/mol. The molecule has 0 saturated heterocycles. The lowest BCUT2D eigenvalue weighted by Gasteiger charge is -2.07. The Morgan fingerprint density at radius 2 is 1.39 bits per heavy atom. The van der Waals surface area contributed by atoms with Gasteiger partial charge in [0.05, 0.1) is 0 Å². The summed E-state index contributed by atoms with van der Waals surface area (Å²) in [5.41, 5.74) is 6.35. The third-order valence-electron chi connectivity index (χ3n) is 3.73. The minimum atomic E-state index is -0.772. The number of carboxylic acids is 1. The Labute approximate surface area is 106 Å². The molecule has 0 radical (unpaired) electrons. The molecule has 0 aliphatic heterocycles. The van der Waals surface area contributed by atoms with Crippen molar-refractivity contribution in [3.63, 3.8) is 0 Å². The molecule has 0 heterocycles. The van der Waals surface area contributed by atoms with Crippen LogP contribution in [0.4, 0.5) is 0 Å². The summed E-state index contributed by atoms with van der Waals surface area (Å²) < 4.78 is 0. The normalized spacial score (nSPS) is 13.2. The van der Waals surface area contributed by atoms with E-state index in [1.807, 2.05) is 50.2 Å². The first-order valence-corrected chi connectivity index (χ1v) is 6.03. The van der Waals surface area contributed by atoms with Crippen molar-refractivity contribution in [2.24, 2.45) is 0 Å². The molecule has 0 saturated carbocycles. The van der Waals surface area contributed by atoms with Crippen LogP contribution >= 0.6 is 0 Å². The molecular weight excluding hydrogens is 224 g/mol. The second kappa shape index (κ2) is 3.70. The van der Waals surface area contributed by atoms with Crippen molar-refractivity contribution in [3.05, 3.63) is 58.7 Å². The first kappa shape index (κ1) is 11.0. The molecule has 0 bridgehead atoms. The molecule has 0 fully saturated rings. The van der Waals surface area contributed by atoms with Crippen LogP contribution in [0, 0.1) is 13.8 Å². The first-order chi connectivity index (χ1) is 8.61. The maximum absolute atomic E-state index is 11.5. The zero-order valence-electron chi connectivity index (χ0n) is 10.4. The molecule has 18 heavy (non-hydrogen) atoms. The van der Waals surface area contributed by atoms with Gasteiger partial charge in [-0.15, -0.1) is 0 Å². The molecule has 0 unspecified atom stereocenters. The molecule has 1 aliphatic rings. The van der Waals surface area contributed by atoms with Crippen molar-refractivity contribution in [1.29, 1.82) is 0 Å². The van der Waals surface area contributed by atoms with E-state index in [0.29, 0.717) is 0 Å².